The van der Waals surface area contributed by atoms with Crippen LogP contribution in [0.15, 0.2) is 211 Å². The Morgan fingerprint density at radius 2 is 0.588 bits per heavy atom. The topological polar surface area (TPSA) is 239 Å². The molecule has 8 unspecified atom stereocenters. The van der Waals surface area contributed by atoms with Crippen LogP contribution in [0.1, 0.15) is 175 Å². The highest BCUT2D eigenvalue weighted by molar-refractivity contribution is 7.97. The Hall–Kier alpha value is -7.60. The van der Waals surface area contributed by atoms with Crippen LogP contribution in [0.2, 0.25) is 0 Å². The van der Waals surface area contributed by atoms with Gasteiger partial charge < -0.3 is 48.8 Å². The van der Waals surface area contributed by atoms with Gasteiger partial charge in [0.15, 0.2) is 42.6 Å². The number of hydrogen-bond donors (Lipinski definition) is 4. The van der Waals surface area contributed by atoms with E-state index in [4.69, 9.17) is 28.4 Å². The molecule has 638 valence electrons. The summed E-state index contributed by atoms with van der Waals surface area (Å²) in [6, 6.07) is 64.3. The number of halogens is 4. The number of rotatable bonds is 25. The van der Waals surface area contributed by atoms with E-state index in [1.165, 1.54) is 36.3 Å². The van der Waals surface area contributed by atoms with Crippen LogP contribution in [0.5, 0.6) is 0 Å². The zero-order valence-corrected chi connectivity index (χ0v) is 70.4. The lowest BCUT2D eigenvalue weighted by atomic mass is 9.48. The molecule has 0 spiro atoms. The van der Waals surface area contributed by atoms with Gasteiger partial charge in [-0.05, 0) is 287 Å². The number of carbonyl (C=O) groups excluding carboxylic acids is 6. The summed E-state index contributed by atoms with van der Waals surface area (Å²) in [5.41, 5.74) is -8.17. The predicted molar refractivity (Wildman–Crippen MR) is 439 cm³/mol. The Balaban J connectivity index is 0.000000131. The third kappa shape index (κ3) is 19.0. The minimum absolute atomic E-state index is 0.0146. The minimum Gasteiger partial charge on any atom is -0.464 e. The van der Waals surface area contributed by atoms with E-state index in [1.807, 2.05) is 0 Å². The minimum atomic E-state index is -3.26. The summed E-state index contributed by atoms with van der Waals surface area (Å²) in [4.78, 5) is 88.8. The second-order valence-electron chi connectivity index (χ2n) is 38.7. The highest BCUT2D eigenvalue weighted by atomic mass is 32.2. The van der Waals surface area contributed by atoms with Crippen molar-refractivity contribution in [2.45, 2.75) is 240 Å². The molecule has 22 rings (SSSR count). The summed E-state index contributed by atoms with van der Waals surface area (Å²) in [5.74, 6) is -8.47. The van der Waals surface area contributed by atoms with Crippen molar-refractivity contribution < 1.29 is 95.2 Å². The van der Waals surface area contributed by atoms with Gasteiger partial charge in [0.25, 0.3) is 11.8 Å². The molecule has 8 atom stereocenters. The largest absolute Gasteiger partial charge is 0.464 e. The van der Waals surface area contributed by atoms with Crippen molar-refractivity contribution in [2.75, 3.05) is 39.6 Å². The van der Waals surface area contributed by atoms with Gasteiger partial charge >= 0.3 is 35.8 Å². The van der Waals surface area contributed by atoms with Crippen molar-refractivity contribution in [1.82, 2.24) is 0 Å². The second kappa shape index (κ2) is 34.6. The van der Waals surface area contributed by atoms with Crippen LogP contribution in [-0.4, -0.2) is 131 Å². The molecule has 119 heavy (non-hydrogen) atoms. The number of aliphatic hydroxyl groups excluding tert-OH is 2. The van der Waals surface area contributed by atoms with Crippen molar-refractivity contribution in [3.05, 3.63) is 182 Å². The lowest BCUT2D eigenvalue weighted by Gasteiger charge is -2.58. The van der Waals surface area contributed by atoms with E-state index >= 15 is 0 Å². The molecule has 6 aromatic carbocycles. The van der Waals surface area contributed by atoms with E-state index in [9.17, 15) is 66.8 Å². The number of ether oxygens (including phenoxy) is 6. The molecule has 6 aromatic rings. The quantitative estimate of drug-likeness (QED) is 0.0180. The van der Waals surface area contributed by atoms with Crippen LogP contribution in [0.4, 0.5) is 17.6 Å². The zero-order valence-electron chi connectivity index (χ0n) is 68.8. The van der Waals surface area contributed by atoms with Gasteiger partial charge in [-0.15, -0.1) is 0 Å². The van der Waals surface area contributed by atoms with E-state index in [1.54, 1.807) is 6.92 Å². The van der Waals surface area contributed by atoms with Crippen molar-refractivity contribution in [1.29, 1.82) is 0 Å². The molecule has 0 aromatic heterocycles. The lowest BCUT2D eigenvalue weighted by molar-refractivity contribution is -0.207. The SMILES string of the molecule is CC(F)(F)COC(=O)C(C)(COC(=O)C12CC3CC(C1)C(O)C(C3)C2)COC(=O)C12CC3CC(C1)C(O)C(C3)C2.CCC(COC(=O)C12CC3CC(CC(O)(C3)C1)C2)(COC(=O)C12CC3CC(CC(O)(C3)C1)C2)C(=O)OCC(C)(F)F.c1ccc([S+](c2ccccc2)c2ccccc2)cc1.c1ccc([S+](c2ccccc2)c2ccccc2)cc1. The summed E-state index contributed by atoms with van der Waals surface area (Å²) >= 11 is 0. The molecular weight excluding hydrogens is 1560 g/mol. The van der Waals surface area contributed by atoms with Gasteiger partial charge in [0.05, 0.1) is 66.9 Å². The van der Waals surface area contributed by atoms with Crippen LogP contribution >= 0.6 is 0 Å². The first-order valence-corrected chi connectivity index (χ1v) is 45.5. The van der Waals surface area contributed by atoms with Crippen LogP contribution in [0.25, 0.3) is 0 Å². The fourth-order valence-electron chi connectivity index (χ4n) is 24.4. The maximum atomic E-state index is 13.6. The van der Waals surface area contributed by atoms with Crippen molar-refractivity contribution in [2.24, 2.45) is 91.7 Å². The smallest absolute Gasteiger partial charge is 0.319 e. The average molecular weight is 1680 g/mol. The molecule has 16 bridgehead atoms. The van der Waals surface area contributed by atoms with Crippen molar-refractivity contribution in [3.63, 3.8) is 0 Å². The molecule has 16 fully saturated rings. The molecule has 0 radical (unpaired) electrons. The first-order chi connectivity index (χ1) is 56.7. The molecule has 16 aliphatic rings. The summed E-state index contributed by atoms with van der Waals surface area (Å²) < 4.78 is 87.3. The fraction of sp³-hybridized carbons (Fsp3) is 0.567. The Labute approximate surface area is 702 Å². The molecule has 0 amide bonds. The number of benzene rings is 6. The molecule has 0 saturated heterocycles. The first kappa shape index (κ1) is 86.3. The maximum absolute atomic E-state index is 13.6. The van der Waals surface area contributed by atoms with Crippen molar-refractivity contribution in [3.8, 4) is 0 Å². The number of hydrogen-bond acceptors (Lipinski definition) is 16. The summed E-state index contributed by atoms with van der Waals surface area (Å²) in [5, 5.41) is 43.3. The van der Waals surface area contributed by atoms with E-state index < -0.39 is 143 Å². The molecule has 22 heteroatoms. The van der Waals surface area contributed by atoms with E-state index in [0.717, 1.165) is 38.5 Å². The second-order valence-corrected chi connectivity index (χ2v) is 42.7. The number of aliphatic hydroxyl groups is 4. The molecule has 16 saturated carbocycles. The average Bonchev–Trinajstić information content (AvgIpc) is 0.738. The molecule has 4 N–H and O–H groups in total. The molecular formula is C97H116F4O16S2+2. The first-order valence-electron chi connectivity index (χ1n) is 43.1. The normalized spacial score (nSPS) is 33.2. The highest BCUT2D eigenvalue weighted by Crippen LogP contribution is 2.66. The summed E-state index contributed by atoms with van der Waals surface area (Å²) in [6.45, 7) is 0.199. The highest BCUT2D eigenvalue weighted by Gasteiger charge is 2.65. The number of carbonyl (C=O) groups is 6. The zero-order chi connectivity index (χ0) is 84.0. The van der Waals surface area contributed by atoms with Crippen molar-refractivity contribution >= 4 is 57.6 Å². The van der Waals surface area contributed by atoms with Crippen LogP contribution in [0.3, 0.4) is 0 Å². The van der Waals surface area contributed by atoms with Gasteiger partial charge in [-0.3, -0.25) is 28.8 Å². The third-order valence-electron chi connectivity index (χ3n) is 28.6. The van der Waals surface area contributed by atoms with Crippen LogP contribution in [-0.2, 0) is 79.0 Å². The van der Waals surface area contributed by atoms with Gasteiger partial charge in [-0.25, -0.2) is 17.6 Å². The van der Waals surface area contributed by atoms with E-state index in [-0.39, 0.29) is 75.6 Å². The van der Waals surface area contributed by atoms with Crippen LogP contribution < -0.4 is 0 Å². The van der Waals surface area contributed by atoms with Gasteiger partial charge in [0.2, 0.25) is 0 Å². The van der Waals surface area contributed by atoms with E-state index in [2.05, 4.69) is 182 Å². The predicted octanol–water partition coefficient (Wildman–Crippen LogP) is 17.5. The molecule has 0 heterocycles. The van der Waals surface area contributed by atoms with Gasteiger partial charge in [-0.2, -0.15) is 0 Å². The number of esters is 6. The summed E-state index contributed by atoms with van der Waals surface area (Å²) in [6.07, 6.45) is 14.2. The summed E-state index contributed by atoms with van der Waals surface area (Å²) in [7, 11) is -0.0293. The molecule has 0 aliphatic heterocycles. The lowest BCUT2D eigenvalue weighted by Crippen LogP contribution is -2.59. The third-order valence-corrected chi connectivity index (χ3v) is 33.1. The Morgan fingerprint density at radius 3 is 0.849 bits per heavy atom. The monoisotopic (exact) mass is 1680 g/mol. The molecule has 16 aliphatic carbocycles. The van der Waals surface area contributed by atoms with E-state index in [0.29, 0.717) is 128 Å². The Morgan fingerprint density at radius 1 is 0.336 bits per heavy atom. The van der Waals surface area contributed by atoms with Gasteiger partial charge in [-0.1, -0.05) is 116 Å². The van der Waals surface area contributed by atoms with Gasteiger partial charge in [0.1, 0.15) is 37.3 Å². The molecule has 16 nitrogen and oxygen atoms in total. The van der Waals surface area contributed by atoms with Crippen LogP contribution in [0, 0.1) is 91.7 Å². The maximum Gasteiger partial charge on any atom is 0.319 e. The number of alkyl halides is 4. The van der Waals surface area contributed by atoms with Gasteiger partial charge in [0, 0.05) is 13.8 Å². The standard InChI is InChI=1S/C31H44F2O8.C30H42F2O8.2C18H15S/c1-3-27(23(34)39-16-26(2,32)33,17-40-24(35)28-6-19-4-20(7-28)11-30(37,10-19)14-28)18-41-25(36)29-8-21-5-22(9-29)13-31(38,12-21)15-29;1-27(24(35)40-15-28(2,31)32,13-38-25(36)29-7-16-3-18(9-29)22(33)19(4-16)10-29)14-39-26(37)30-8-17-5-20(11-30)23(34)21(6-17)12-30;2*1-4-10-16(11-5-1)19(17-12-6-2-7-13-17)18-14-8-3-9-15-18/h19-22,37-38H,3-18H2,1-2H3;16-23,33-34H,3-15H2,1-2H3;2*1-15H/q;;2*+1. The Bertz CT molecular complexity index is 4040. The fourth-order valence-corrected chi connectivity index (χ4v) is 28.6. The Kier molecular flexibility index (Phi) is 25.1.